The standard InChI is InChI=1S/C34H34N2O6/c1-40-33(38)31(22-28-18-11-19-29(20-28)41-23-26-14-7-3-8-15-26)35-32(37)30(21-25-12-5-2-6-13-25)36-34(39)42-24-27-16-9-4-10-17-27/h2-20,30-31H,21-24H2,1H3,(H,35,37)(H,36,39)/t30-,31+/m0/s1. The molecule has 2 N–H and O–H groups in total. The molecule has 0 fully saturated rings. The Bertz CT molecular complexity index is 1430. The van der Waals surface area contributed by atoms with Crippen LogP contribution in [0.3, 0.4) is 0 Å². The minimum Gasteiger partial charge on any atom is -0.489 e. The first-order valence-corrected chi connectivity index (χ1v) is 13.6. The van der Waals surface area contributed by atoms with E-state index in [4.69, 9.17) is 14.2 Å². The summed E-state index contributed by atoms with van der Waals surface area (Å²) in [6, 6.07) is 33.6. The Morgan fingerprint density at radius 1 is 0.619 bits per heavy atom. The summed E-state index contributed by atoms with van der Waals surface area (Å²) in [6.45, 7) is 0.453. The molecule has 8 nitrogen and oxygen atoms in total. The lowest BCUT2D eigenvalue weighted by Gasteiger charge is -2.22. The molecular formula is C34H34N2O6. The maximum Gasteiger partial charge on any atom is 0.408 e. The zero-order valence-corrected chi connectivity index (χ0v) is 23.4. The Kier molecular flexibility index (Phi) is 11.1. The SMILES string of the molecule is COC(=O)[C@@H](Cc1cccc(OCc2ccccc2)c1)NC(=O)[C@H](Cc1ccccc1)NC(=O)OCc1ccccc1. The number of carbonyl (C=O) groups excluding carboxylic acids is 3. The quantitative estimate of drug-likeness (QED) is 0.221. The van der Waals surface area contributed by atoms with Gasteiger partial charge in [0.2, 0.25) is 5.91 Å². The lowest BCUT2D eigenvalue weighted by Crippen LogP contribution is -2.53. The highest BCUT2D eigenvalue weighted by atomic mass is 16.5. The third kappa shape index (κ3) is 9.52. The third-order valence-electron chi connectivity index (χ3n) is 6.49. The highest BCUT2D eigenvalue weighted by molar-refractivity contribution is 5.90. The molecule has 2 atom stereocenters. The van der Waals surface area contributed by atoms with E-state index >= 15 is 0 Å². The number of methoxy groups -OCH3 is 1. The highest BCUT2D eigenvalue weighted by Crippen LogP contribution is 2.17. The van der Waals surface area contributed by atoms with Gasteiger partial charge in [0.15, 0.2) is 0 Å². The lowest BCUT2D eigenvalue weighted by molar-refractivity contribution is -0.145. The molecule has 2 amide bonds. The molecular weight excluding hydrogens is 532 g/mol. The second-order valence-corrected chi connectivity index (χ2v) is 9.66. The van der Waals surface area contributed by atoms with Crippen LogP contribution in [0.5, 0.6) is 5.75 Å². The van der Waals surface area contributed by atoms with Crippen molar-refractivity contribution in [3.05, 3.63) is 138 Å². The molecule has 0 aliphatic heterocycles. The van der Waals surface area contributed by atoms with E-state index in [0.29, 0.717) is 12.4 Å². The van der Waals surface area contributed by atoms with Gasteiger partial charge in [-0.25, -0.2) is 9.59 Å². The summed E-state index contributed by atoms with van der Waals surface area (Å²) in [5, 5.41) is 5.43. The van der Waals surface area contributed by atoms with Gasteiger partial charge in [0.1, 0.15) is 31.0 Å². The molecule has 0 saturated heterocycles. The van der Waals surface area contributed by atoms with Gasteiger partial charge in [0.25, 0.3) is 0 Å². The average molecular weight is 567 g/mol. The van der Waals surface area contributed by atoms with E-state index in [1.807, 2.05) is 115 Å². The Morgan fingerprint density at radius 2 is 1.17 bits per heavy atom. The van der Waals surface area contributed by atoms with Gasteiger partial charge in [0.05, 0.1) is 7.11 Å². The van der Waals surface area contributed by atoms with Crippen molar-refractivity contribution in [1.29, 1.82) is 0 Å². The van der Waals surface area contributed by atoms with Crippen molar-refractivity contribution in [2.45, 2.75) is 38.1 Å². The fraction of sp³-hybridized carbons (Fsp3) is 0.206. The van der Waals surface area contributed by atoms with E-state index in [1.54, 1.807) is 0 Å². The molecule has 4 rings (SSSR count). The van der Waals surface area contributed by atoms with E-state index in [1.165, 1.54) is 7.11 Å². The van der Waals surface area contributed by atoms with E-state index < -0.39 is 30.1 Å². The first kappa shape index (κ1) is 29.9. The monoisotopic (exact) mass is 566 g/mol. The largest absolute Gasteiger partial charge is 0.489 e. The molecule has 0 heterocycles. The minimum absolute atomic E-state index is 0.0554. The van der Waals surface area contributed by atoms with Gasteiger partial charge in [0, 0.05) is 12.8 Å². The van der Waals surface area contributed by atoms with Gasteiger partial charge in [-0.2, -0.15) is 0 Å². The number of rotatable bonds is 13. The molecule has 0 unspecified atom stereocenters. The predicted octanol–water partition coefficient (Wildman–Crippen LogP) is 5.00. The van der Waals surface area contributed by atoms with Gasteiger partial charge >= 0.3 is 12.1 Å². The molecule has 4 aromatic rings. The summed E-state index contributed by atoms with van der Waals surface area (Å²) >= 11 is 0. The van der Waals surface area contributed by atoms with Crippen molar-refractivity contribution in [1.82, 2.24) is 10.6 Å². The topological polar surface area (TPSA) is 103 Å². The van der Waals surface area contributed by atoms with Crippen LogP contribution in [0.25, 0.3) is 0 Å². The van der Waals surface area contributed by atoms with E-state index in [9.17, 15) is 14.4 Å². The van der Waals surface area contributed by atoms with Crippen LogP contribution in [-0.2, 0) is 45.1 Å². The summed E-state index contributed by atoms with van der Waals surface area (Å²) in [5.41, 5.74) is 3.45. The predicted molar refractivity (Wildman–Crippen MR) is 159 cm³/mol. The van der Waals surface area contributed by atoms with Gasteiger partial charge in [-0.1, -0.05) is 103 Å². The Balaban J connectivity index is 1.43. The molecule has 0 radical (unpaired) electrons. The number of ether oxygens (including phenoxy) is 3. The van der Waals surface area contributed by atoms with Crippen molar-refractivity contribution in [3.8, 4) is 5.75 Å². The molecule has 0 bridgehead atoms. The van der Waals surface area contributed by atoms with Crippen LogP contribution in [0, 0.1) is 0 Å². The van der Waals surface area contributed by atoms with Crippen LogP contribution in [-0.4, -0.2) is 37.2 Å². The molecule has 0 spiro atoms. The number of carbonyl (C=O) groups is 3. The number of alkyl carbamates (subject to hydrolysis) is 1. The van der Waals surface area contributed by atoms with Crippen LogP contribution in [0.1, 0.15) is 22.3 Å². The van der Waals surface area contributed by atoms with Crippen LogP contribution in [0.4, 0.5) is 4.79 Å². The van der Waals surface area contributed by atoms with Crippen molar-refractivity contribution in [2.75, 3.05) is 7.11 Å². The Labute approximate surface area is 245 Å². The lowest BCUT2D eigenvalue weighted by atomic mass is 10.0. The van der Waals surface area contributed by atoms with E-state index in [0.717, 1.165) is 22.3 Å². The van der Waals surface area contributed by atoms with E-state index in [2.05, 4.69) is 10.6 Å². The molecule has 0 aliphatic carbocycles. The number of esters is 1. The van der Waals surface area contributed by atoms with Crippen LogP contribution >= 0.6 is 0 Å². The first-order valence-electron chi connectivity index (χ1n) is 13.6. The smallest absolute Gasteiger partial charge is 0.408 e. The van der Waals surface area contributed by atoms with Gasteiger partial charge in [-0.05, 0) is 34.4 Å². The van der Waals surface area contributed by atoms with Crippen LogP contribution in [0.2, 0.25) is 0 Å². The second-order valence-electron chi connectivity index (χ2n) is 9.66. The van der Waals surface area contributed by atoms with Crippen molar-refractivity contribution >= 4 is 18.0 Å². The number of amides is 2. The number of nitrogens with one attached hydrogen (secondary N) is 2. The zero-order chi connectivity index (χ0) is 29.6. The molecule has 4 aromatic carbocycles. The van der Waals surface area contributed by atoms with E-state index in [-0.39, 0.29) is 19.4 Å². The van der Waals surface area contributed by atoms with Gasteiger partial charge in [-0.15, -0.1) is 0 Å². The zero-order valence-electron chi connectivity index (χ0n) is 23.4. The number of hydrogen-bond donors (Lipinski definition) is 2. The Hall–Kier alpha value is -5.11. The van der Waals surface area contributed by atoms with Crippen molar-refractivity contribution < 1.29 is 28.6 Å². The Morgan fingerprint density at radius 3 is 1.79 bits per heavy atom. The van der Waals surface area contributed by atoms with Crippen LogP contribution < -0.4 is 15.4 Å². The number of hydrogen-bond acceptors (Lipinski definition) is 6. The average Bonchev–Trinajstić information content (AvgIpc) is 3.03. The number of benzene rings is 4. The first-order chi connectivity index (χ1) is 20.5. The molecule has 0 saturated carbocycles. The summed E-state index contributed by atoms with van der Waals surface area (Å²) in [7, 11) is 1.27. The molecule has 42 heavy (non-hydrogen) atoms. The second kappa shape index (κ2) is 15.6. The fourth-order valence-corrected chi connectivity index (χ4v) is 4.31. The third-order valence-corrected chi connectivity index (χ3v) is 6.49. The molecule has 0 aromatic heterocycles. The maximum atomic E-state index is 13.5. The highest BCUT2D eigenvalue weighted by Gasteiger charge is 2.28. The van der Waals surface area contributed by atoms with Gasteiger partial charge < -0.3 is 24.8 Å². The summed E-state index contributed by atoms with van der Waals surface area (Å²) < 4.78 is 16.3. The van der Waals surface area contributed by atoms with Crippen LogP contribution in [0.15, 0.2) is 115 Å². The summed E-state index contributed by atoms with van der Waals surface area (Å²) in [5.74, 6) is -0.512. The summed E-state index contributed by atoms with van der Waals surface area (Å²) in [4.78, 5) is 38.9. The van der Waals surface area contributed by atoms with Crippen molar-refractivity contribution in [3.63, 3.8) is 0 Å². The fourth-order valence-electron chi connectivity index (χ4n) is 4.31. The minimum atomic E-state index is -0.997. The molecule has 0 aliphatic rings. The molecule has 216 valence electrons. The molecule has 8 heteroatoms. The summed E-state index contributed by atoms with van der Waals surface area (Å²) in [6.07, 6.45) is -0.380. The van der Waals surface area contributed by atoms with Crippen molar-refractivity contribution in [2.24, 2.45) is 0 Å². The van der Waals surface area contributed by atoms with Gasteiger partial charge in [-0.3, -0.25) is 4.79 Å². The maximum absolute atomic E-state index is 13.5. The normalized spacial score (nSPS) is 11.9.